The smallest absolute Gasteiger partial charge is 0.242 e. The predicted octanol–water partition coefficient (Wildman–Crippen LogP) is 3.58. The maximum atomic E-state index is 13.1. The minimum absolute atomic E-state index is 0.0595. The van der Waals surface area contributed by atoms with Gasteiger partial charge in [-0.05, 0) is 43.5 Å². The van der Waals surface area contributed by atoms with E-state index in [0.717, 1.165) is 54.2 Å². The van der Waals surface area contributed by atoms with E-state index in [9.17, 15) is 9.59 Å². The van der Waals surface area contributed by atoms with Gasteiger partial charge < -0.3 is 19.1 Å². The molecule has 2 aliphatic heterocycles. The van der Waals surface area contributed by atoms with Crippen molar-refractivity contribution in [1.29, 1.82) is 0 Å². The number of aromatic nitrogens is 2. The summed E-state index contributed by atoms with van der Waals surface area (Å²) in [4.78, 5) is 34.6. The molecule has 7 heteroatoms. The summed E-state index contributed by atoms with van der Waals surface area (Å²) in [6, 6.07) is 15.5. The van der Waals surface area contributed by atoms with Crippen molar-refractivity contribution in [2.24, 2.45) is 0 Å². The molecule has 166 valence electrons. The number of rotatable bonds is 5. The van der Waals surface area contributed by atoms with Crippen LogP contribution in [0.4, 0.5) is 5.69 Å². The van der Waals surface area contributed by atoms with Crippen molar-refractivity contribution < 1.29 is 14.3 Å². The highest BCUT2D eigenvalue weighted by atomic mass is 16.5. The lowest BCUT2D eigenvalue weighted by Gasteiger charge is -2.27. The number of hydrogen-bond acceptors (Lipinski definition) is 4. The van der Waals surface area contributed by atoms with Crippen molar-refractivity contribution in [3.8, 4) is 5.75 Å². The van der Waals surface area contributed by atoms with Gasteiger partial charge in [-0.15, -0.1) is 0 Å². The molecule has 3 aromatic rings. The number of carbonyl (C=O) groups is 2. The molecule has 2 fully saturated rings. The number of fused-ring (bicyclic) bond motifs is 1. The van der Waals surface area contributed by atoms with E-state index >= 15 is 0 Å². The van der Waals surface area contributed by atoms with Gasteiger partial charge in [-0.2, -0.15) is 0 Å². The van der Waals surface area contributed by atoms with Crippen LogP contribution in [-0.2, 0) is 16.1 Å². The molecule has 5 rings (SSSR count). The summed E-state index contributed by atoms with van der Waals surface area (Å²) in [6.07, 6.45) is 3.69. The van der Waals surface area contributed by atoms with Crippen LogP contribution < -0.4 is 9.64 Å². The summed E-state index contributed by atoms with van der Waals surface area (Å²) in [7, 11) is 1.62. The Morgan fingerprint density at radius 1 is 1.09 bits per heavy atom. The first-order valence-corrected chi connectivity index (χ1v) is 11.3. The number of para-hydroxylation sites is 2. The first-order valence-electron chi connectivity index (χ1n) is 11.3. The van der Waals surface area contributed by atoms with Crippen molar-refractivity contribution in [3.05, 3.63) is 54.4 Å². The van der Waals surface area contributed by atoms with Crippen molar-refractivity contribution in [1.82, 2.24) is 14.5 Å². The van der Waals surface area contributed by atoms with E-state index in [1.165, 1.54) is 6.42 Å². The third-order valence-corrected chi connectivity index (χ3v) is 6.54. The van der Waals surface area contributed by atoms with Crippen LogP contribution in [-0.4, -0.2) is 53.0 Å². The average Bonchev–Trinajstić information content (AvgIpc) is 3.40. The van der Waals surface area contributed by atoms with Crippen LogP contribution in [0, 0.1) is 0 Å². The van der Waals surface area contributed by atoms with Crippen LogP contribution in [0.1, 0.15) is 37.4 Å². The minimum Gasteiger partial charge on any atom is -0.497 e. The summed E-state index contributed by atoms with van der Waals surface area (Å²) in [5, 5.41) is 0. The van der Waals surface area contributed by atoms with Crippen molar-refractivity contribution in [2.75, 3.05) is 31.6 Å². The third-order valence-electron chi connectivity index (χ3n) is 6.54. The molecule has 0 radical (unpaired) electrons. The zero-order valence-electron chi connectivity index (χ0n) is 18.4. The lowest BCUT2D eigenvalue weighted by Crippen LogP contribution is -2.38. The second-order valence-corrected chi connectivity index (χ2v) is 8.59. The van der Waals surface area contributed by atoms with Crippen LogP contribution in [0.3, 0.4) is 0 Å². The summed E-state index contributed by atoms with van der Waals surface area (Å²) < 4.78 is 7.35. The number of hydrogen-bond donors (Lipinski definition) is 0. The minimum atomic E-state index is -0.0738. The van der Waals surface area contributed by atoms with Gasteiger partial charge in [0.1, 0.15) is 18.1 Å². The fraction of sp³-hybridized carbons (Fsp3) is 0.400. The zero-order chi connectivity index (χ0) is 22.1. The van der Waals surface area contributed by atoms with Gasteiger partial charge in [0.25, 0.3) is 0 Å². The van der Waals surface area contributed by atoms with Gasteiger partial charge >= 0.3 is 0 Å². The predicted molar refractivity (Wildman–Crippen MR) is 123 cm³/mol. The van der Waals surface area contributed by atoms with Gasteiger partial charge in [0.15, 0.2) is 0 Å². The van der Waals surface area contributed by atoms with E-state index in [4.69, 9.17) is 9.72 Å². The van der Waals surface area contributed by atoms with E-state index in [0.29, 0.717) is 13.0 Å². The molecule has 2 aliphatic rings. The van der Waals surface area contributed by atoms with Crippen molar-refractivity contribution in [2.45, 2.75) is 38.1 Å². The fourth-order valence-corrected chi connectivity index (χ4v) is 4.86. The standard InChI is InChI=1S/C25H28N4O3/c1-32-20-9-7-8-19(15-20)28-16-18(14-23(28)30)25-26-21-10-3-4-11-22(21)29(25)17-24(31)27-12-5-2-6-13-27/h3-4,7-11,15,18H,2,5-6,12-14,16-17H2,1H3. The number of piperidine rings is 1. The Balaban J connectivity index is 1.45. The highest BCUT2D eigenvalue weighted by molar-refractivity contribution is 5.96. The number of benzene rings is 2. The van der Waals surface area contributed by atoms with E-state index in [1.54, 1.807) is 12.0 Å². The van der Waals surface area contributed by atoms with Crippen molar-refractivity contribution in [3.63, 3.8) is 0 Å². The maximum absolute atomic E-state index is 13.1. The summed E-state index contributed by atoms with van der Waals surface area (Å²) in [6.45, 7) is 2.45. The molecule has 3 heterocycles. The van der Waals surface area contributed by atoms with Crippen LogP contribution >= 0.6 is 0 Å². The van der Waals surface area contributed by atoms with Crippen LogP contribution in [0.25, 0.3) is 11.0 Å². The lowest BCUT2D eigenvalue weighted by molar-refractivity contribution is -0.132. The number of likely N-dealkylation sites (tertiary alicyclic amines) is 1. The first kappa shape index (κ1) is 20.5. The zero-order valence-corrected chi connectivity index (χ0v) is 18.4. The molecule has 1 unspecified atom stereocenters. The van der Waals surface area contributed by atoms with E-state index in [-0.39, 0.29) is 24.3 Å². The number of ether oxygens (including phenoxy) is 1. The highest BCUT2D eigenvalue weighted by Gasteiger charge is 2.35. The first-order chi connectivity index (χ1) is 15.6. The number of nitrogens with zero attached hydrogens (tertiary/aromatic N) is 4. The van der Waals surface area contributed by atoms with E-state index in [1.807, 2.05) is 58.0 Å². The SMILES string of the molecule is COc1cccc(N2CC(c3nc4ccccc4n3CC(=O)N3CCCCC3)CC2=O)c1. The van der Waals surface area contributed by atoms with Gasteiger partial charge in [-0.25, -0.2) is 4.98 Å². The average molecular weight is 433 g/mol. The molecular weight excluding hydrogens is 404 g/mol. The summed E-state index contributed by atoms with van der Waals surface area (Å²) in [5.74, 6) is 1.65. The molecule has 2 aromatic carbocycles. The van der Waals surface area contributed by atoms with Crippen LogP contribution in [0.2, 0.25) is 0 Å². The normalized spacial score (nSPS) is 19.0. The molecule has 1 aromatic heterocycles. The Morgan fingerprint density at radius 2 is 1.91 bits per heavy atom. The monoisotopic (exact) mass is 432 g/mol. The number of anilines is 1. The Labute approximate surface area is 187 Å². The molecular formula is C25H28N4O3. The van der Waals surface area contributed by atoms with Gasteiger partial charge in [0, 0.05) is 43.7 Å². The Bertz CT molecular complexity index is 1150. The second-order valence-electron chi connectivity index (χ2n) is 8.59. The Kier molecular flexibility index (Phi) is 5.55. The molecule has 0 aliphatic carbocycles. The van der Waals surface area contributed by atoms with Crippen molar-refractivity contribution >= 4 is 28.5 Å². The number of amides is 2. The molecule has 0 spiro atoms. The number of carbonyl (C=O) groups excluding carboxylic acids is 2. The molecule has 2 saturated heterocycles. The van der Waals surface area contributed by atoms with E-state index < -0.39 is 0 Å². The highest BCUT2D eigenvalue weighted by Crippen LogP contribution is 2.34. The molecule has 1 atom stereocenters. The molecule has 2 amide bonds. The third kappa shape index (κ3) is 3.83. The van der Waals surface area contributed by atoms with Gasteiger partial charge in [-0.3, -0.25) is 9.59 Å². The van der Waals surface area contributed by atoms with Gasteiger partial charge in [0.2, 0.25) is 11.8 Å². The topological polar surface area (TPSA) is 67.7 Å². The molecule has 32 heavy (non-hydrogen) atoms. The fourth-order valence-electron chi connectivity index (χ4n) is 4.86. The van der Waals surface area contributed by atoms with Gasteiger partial charge in [0.05, 0.1) is 18.1 Å². The number of imidazole rings is 1. The largest absolute Gasteiger partial charge is 0.497 e. The lowest BCUT2D eigenvalue weighted by atomic mass is 10.1. The quantitative estimate of drug-likeness (QED) is 0.618. The molecule has 7 nitrogen and oxygen atoms in total. The summed E-state index contributed by atoms with van der Waals surface area (Å²) >= 11 is 0. The molecule has 0 saturated carbocycles. The van der Waals surface area contributed by atoms with Crippen LogP contribution in [0.15, 0.2) is 48.5 Å². The van der Waals surface area contributed by atoms with Gasteiger partial charge in [-0.1, -0.05) is 18.2 Å². The Hall–Kier alpha value is -3.35. The maximum Gasteiger partial charge on any atom is 0.242 e. The molecule has 0 N–H and O–H groups in total. The number of methoxy groups -OCH3 is 1. The van der Waals surface area contributed by atoms with E-state index in [2.05, 4.69) is 0 Å². The second kappa shape index (κ2) is 8.65. The Morgan fingerprint density at radius 3 is 2.72 bits per heavy atom. The molecule has 0 bridgehead atoms. The summed E-state index contributed by atoms with van der Waals surface area (Å²) in [5.41, 5.74) is 2.63. The van der Waals surface area contributed by atoms with Crippen LogP contribution in [0.5, 0.6) is 5.75 Å².